The van der Waals surface area contributed by atoms with E-state index in [9.17, 15) is 31.1 Å². The molecule has 4 rings (SSSR count). The largest absolute Gasteiger partial charge is 0.481 e. The molecule has 12 heteroatoms. The fraction of sp³-hybridized carbons (Fsp3) is 0.308. The standard InChI is InChI=1S/C26H22F6N2O4/c1-4-20-23(17-6-5-7-19-16(17)10-11-34(19)13-22(35)36-3)33-24(38-20)15-8-9-21(18(12-15)26(30,31)32)37-14(2)25(27,28)29/h5-12,14H,4,13H2,1-3H3. The third-order valence-electron chi connectivity index (χ3n) is 5.91. The van der Waals surface area contributed by atoms with Gasteiger partial charge in [0, 0.05) is 34.6 Å². The zero-order valence-corrected chi connectivity index (χ0v) is 20.4. The molecule has 2 aromatic carbocycles. The van der Waals surface area contributed by atoms with Crippen LogP contribution >= 0.6 is 0 Å². The summed E-state index contributed by atoms with van der Waals surface area (Å²) in [5, 5.41) is 0.729. The van der Waals surface area contributed by atoms with Gasteiger partial charge >= 0.3 is 18.3 Å². The fourth-order valence-corrected chi connectivity index (χ4v) is 3.94. The topological polar surface area (TPSA) is 66.5 Å². The molecule has 0 spiro atoms. The molecule has 0 saturated heterocycles. The van der Waals surface area contributed by atoms with E-state index in [-0.39, 0.29) is 18.0 Å². The molecular weight excluding hydrogens is 518 g/mol. The predicted octanol–water partition coefficient (Wildman–Crippen LogP) is 7.05. The van der Waals surface area contributed by atoms with Crippen molar-refractivity contribution in [2.75, 3.05) is 7.11 Å². The van der Waals surface area contributed by atoms with Crippen LogP contribution in [-0.4, -0.2) is 34.9 Å². The SMILES string of the molecule is CCc1oc(-c2ccc(OC(C)C(F)(F)F)c(C(F)(F)F)c2)nc1-c1cccc2c1ccn2CC(=O)OC. The Balaban J connectivity index is 1.78. The first kappa shape index (κ1) is 27.1. The van der Waals surface area contributed by atoms with E-state index in [1.807, 2.05) is 0 Å². The number of rotatable bonds is 7. The number of aryl methyl sites for hydroxylation is 1. The normalized spacial score (nSPS) is 13.1. The van der Waals surface area contributed by atoms with E-state index in [1.165, 1.54) is 7.11 Å². The number of methoxy groups -OCH3 is 1. The molecule has 2 heterocycles. The van der Waals surface area contributed by atoms with Crippen LogP contribution in [0.4, 0.5) is 26.3 Å². The van der Waals surface area contributed by atoms with Crippen molar-refractivity contribution in [2.24, 2.45) is 0 Å². The first-order valence-electron chi connectivity index (χ1n) is 11.4. The van der Waals surface area contributed by atoms with E-state index in [0.717, 1.165) is 17.5 Å². The first-order valence-corrected chi connectivity index (χ1v) is 11.4. The lowest BCUT2D eigenvalue weighted by Crippen LogP contribution is -2.31. The molecule has 0 N–H and O–H groups in total. The number of alkyl halides is 6. The molecule has 0 aliphatic carbocycles. The maximum absolute atomic E-state index is 13.8. The molecule has 6 nitrogen and oxygen atoms in total. The number of hydrogen-bond acceptors (Lipinski definition) is 5. The number of nitrogens with zero attached hydrogens (tertiary/aromatic N) is 2. The molecule has 1 atom stereocenters. The van der Waals surface area contributed by atoms with Gasteiger partial charge in [-0.15, -0.1) is 0 Å². The second-order valence-corrected chi connectivity index (χ2v) is 8.41. The summed E-state index contributed by atoms with van der Waals surface area (Å²) in [6.45, 7) is 2.39. The molecule has 0 fully saturated rings. The average molecular weight is 540 g/mol. The molecule has 4 aromatic rings. The van der Waals surface area contributed by atoms with Gasteiger partial charge in [0.15, 0.2) is 6.10 Å². The van der Waals surface area contributed by atoms with Crippen molar-refractivity contribution in [3.8, 4) is 28.5 Å². The highest BCUT2D eigenvalue weighted by Gasteiger charge is 2.41. The number of ether oxygens (including phenoxy) is 2. The minimum absolute atomic E-state index is 0.0181. The Kier molecular flexibility index (Phi) is 7.18. The third kappa shape index (κ3) is 5.34. The van der Waals surface area contributed by atoms with Crippen molar-refractivity contribution < 1.29 is 45.0 Å². The maximum atomic E-state index is 13.8. The number of benzene rings is 2. The van der Waals surface area contributed by atoms with Gasteiger partial charge in [-0.3, -0.25) is 4.79 Å². The van der Waals surface area contributed by atoms with Crippen LogP contribution in [-0.2, 0) is 28.7 Å². The van der Waals surface area contributed by atoms with Crippen LogP contribution in [0.15, 0.2) is 53.1 Å². The summed E-state index contributed by atoms with van der Waals surface area (Å²) in [6, 6.07) is 9.72. The number of aromatic nitrogens is 2. The van der Waals surface area contributed by atoms with Crippen LogP contribution in [0.5, 0.6) is 5.75 Å². The first-order chi connectivity index (χ1) is 17.8. The zero-order chi connectivity index (χ0) is 27.8. The smallest absolute Gasteiger partial charge is 0.425 e. The van der Waals surface area contributed by atoms with Gasteiger partial charge in [-0.25, -0.2) is 4.98 Å². The average Bonchev–Trinajstić information content (AvgIpc) is 3.47. The molecule has 1 unspecified atom stereocenters. The summed E-state index contributed by atoms with van der Waals surface area (Å²) in [5.41, 5.74) is 0.266. The van der Waals surface area contributed by atoms with Crippen molar-refractivity contribution in [2.45, 2.75) is 45.3 Å². The van der Waals surface area contributed by atoms with Crippen LogP contribution in [0.3, 0.4) is 0 Å². The Hall–Kier alpha value is -3.96. The summed E-state index contributed by atoms with van der Waals surface area (Å²) < 4.78 is 96.8. The lowest BCUT2D eigenvalue weighted by Gasteiger charge is -2.21. The molecule has 0 amide bonds. The van der Waals surface area contributed by atoms with E-state index < -0.39 is 35.7 Å². The minimum atomic E-state index is -4.99. The number of hydrogen-bond donors (Lipinski definition) is 0. The van der Waals surface area contributed by atoms with Gasteiger partial charge in [0.05, 0.1) is 12.7 Å². The van der Waals surface area contributed by atoms with Crippen molar-refractivity contribution in [3.05, 3.63) is 60.0 Å². The van der Waals surface area contributed by atoms with E-state index in [2.05, 4.69) is 9.72 Å². The molecular formula is C26H22F6N2O4. The van der Waals surface area contributed by atoms with Gasteiger partial charge in [-0.1, -0.05) is 19.1 Å². The van der Waals surface area contributed by atoms with E-state index in [4.69, 9.17) is 9.15 Å². The van der Waals surface area contributed by atoms with Gasteiger partial charge in [0.1, 0.15) is 23.7 Å². The van der Waals surface area contributed by atoms with Gasteiger partial charge in [0.2, 0.25) is 5.89 Å². The quantitative estimate of drug-likeness (QED) is 0.186. The highest BCUT2D eigenvalue weighted by molar-refractivity contribution is 5.95. The molecule has 2 aromatic heterocycles. The van der Waals surface area contributed by atoms with Crippen LogP contribution in [0.2, 0.25) is 0 Å². The third-order valence-corrected chi connectivity index (χ3v) is 5.91. The van der Waals surface area contributed by atoms with E-state index in [0.29, 0.717) is 41.9 Å². The van der Waals surface area contributed by atoms with Gasteiger partial charge in [-0.05, 0) is 37.3 Å². The minimum Gasteiger partial charge on any atom is -0.481 e. The van der Waals surface area contributed by atoms with Crippen LogP contribution in [0, 0.1) is 0 Å². The number of esters is 1. The van der Waals surface area contributed by atoms with Crippen molar-refractivity contribution in [1.82, 2.24) is 9.55 Å². The monoisotopic (exact) mass is 540 g/mol. The van der Waals surface area contributed by atoms with Crippen molar-refractivity contribution >= 4 is 16.9 Å². The highest BCUT2D eigenvalue weighted by atomic mass is 19.4. The number of fused-ring (bicyclic) bond motifs is 1. The predicted molar refractivity (Wildman–Crippen MR) is 125 cm³/mol. The lowest BCUT2D eigenvalue weighted by molar-refractivity contribution is -0.191. The molecule has 0 aliphatic heterocycles. The number of carbonyl (C=O) groups excluding carboxylic acids is 1. The fourth-order valence-electron chi connectivity index (χ4n) is 3.94. The second kappa shape index (κ2) is 10.1. The van der Waals surface area contributed by atoms with Crippen molar-refractivity contribution in [1.29, 1.82) is 0 Å². The second-order valence-electron chi connectivity index (χ2n) is 8.41. The number of oxazole rings is 1. The number of halogens is 6. The zero-order valence-electron chi connectivity index (χ0n) is 20.4. The Morgan fingerprint density at radius 3 is 2.47 bits per heavy atom. The Bertz CT molecular complexity index is 1470. The Morgan fingerprint density at radius 2 is 1.84 bits per heavy atom. The van der Waals surface area contributed by atoms with Gasteiger partial charge in [-0.2, -0.15) is 26.3 Å². The van der Waals surface area contributed by atoms with E-state index >= 15 is 0 Å². The summed E-state index contributed by atoms with van der Waals surface area (Å²) in [7, 11) is 1.28. The van der Waals surface area contributed by atoms with E-state index in [1.54, 1.807) is 42.0 Å². The summed E-state index contributed by atoms with van der Waals surface area (Å²) in [4.78, 5) is 16.2. The van der Waals surface area contributed by atoms with Gasteiger partial charge in [0.25, 0.3) is 0 Å². The van der Waals surface area contributed by atoms with Gasteiger partial charge < -0.3 is 18.5 Å². The van der Waals surface area contributed by atoms with Crippen molar-refractivity contribution in [3.63, 3.8) is 0 Å². The maximum Gasteiger partial charge on any atom is 0.425 e. The molecule has 0 aliphatic rings. The molecule has 202 valence electrons. The molecule has 0 bridgehead atoms. The van der Waals surface area contributed by atoms with Crippen LogP contribution in [0.1, 0.15) is 25.2 Å². The number of carbonyl (C=O) groups is 1. The van der Waals surface area contributed by atoms with Crippen LogP contribution < -0.4 is 4.74 Å². The molecule has 0 saturated carbocycles. The Labute approximate surface area is 212 Å². The Morgan fingerprint density at radius 1 is 1.11 bits per heavy atom. The van der Waals surface area contributed by atoms with Crippen LogP contribution in [0.25, 0.3) is 33.6 Å². The summed E-state index contributed by atoms with van der Waals surface area (Å²) in [5.74, 6) is -1.13. The lowest BCUT2D eigenvalue weighted by atomic mass is 10.0. The summed E-state index contributed by atoms with van der Waals surface area (Å²) in [6.07, 6.45) is -10.2. The molecule has 38 heavy (non-hydrogen) atoms. The highest BCUT2D eigenvalue weighted by Crippen LogP contribution is 2.41. The molecule has 0 radical (unpaired) electrons. The summed E-state index contributed by atoms with van der Waals surface area (Å²) >= 11 is 0.